The molecular weight excluding hydrogens is 490 g/mol. The Hall–Kier alpha value is -5.11. The number of benzene rings is 2. The minimum atomic E-state index is -1.57. The van der Waals surface area contributed by atoms with Crippen LogP contribution in [0.1, 0.15) is 15.9 Å². The molecule has 0 saturated heterocycles. The zero-order valence-electron chi connectivity index (χ0n) is 20.6. The van der Waals surface area contributed by atoms with Crippen LogP contribution < -0.4 is 24.3 Å². The lowest BCUT2D eigenvalue weighted by Gasteiger charge is -2.19. The second-order valence-electron chi connectivity index (χ2n) is 8.39. The number of hydrogen-bond acceptors (Lipinski definition) is 9. The smallest absolute Gasteiger partial charge is 0.249 e. The molecule has 192 valence electrons. The number of pyridine rings is 1. The van der Waals surface area contributed by atoms with Gasteiger partial charge in [0.2, 0.25) is 5.91 Å². The number of carbonyl (C=O) groups excluding carboxylic acids is 2. The minimum Gasteiger partial charge on any atom is -0.497 e. The zero-order chi connectivity index (χ0) is 26.6. The Bertz CT molecular complexity index is 1570. The van der Waals surface area contributed by atoms with Crippen molar-refractivity contribution in [3.63, 3.8) is 0 Å². The molecule has 11 nitrogen and oxygen atoms in total. The number of nitriles is 1. The Morgan fingerprint density at radius 2 is 1.89 bits per heavy atom. The molecule has 1 aliphatic rings. The molecular formula is C27H23N5O6. The summed E-state index contributed by atoms with van der Waals surface area (Å²) < 4.78 is 23.4. The van der Waals surface area contributed by atoms with Gasteiger partial charge in [0.1, 0.15) is 24.7 Å². The van der Waals surface area contributed by atoms with Gasteiger partial charge in [0.15, 0.2) is 28.8 Å². The number of Topliss-reactive ketones (excluding diaryl/α,β-unsaturated/α-hetero) is 1. The highest BCUT2D eigenvalue weighted by molar-refractivity contribution is 6.16. The molecule has 0 radical (unpaired) electrons. The van der Waals surface area contributed by atoms with Gasteiger partial charge in [-0.1, -0.05) is 0 Å². The maximum absolute atomic E-state index is 13.1. The van der Waals surface area contributed by atoms with E-state index in [4.69, 9.17) is 18.9 Å². The van der Waals surface area contributed by atoms with E-state index in [-0.39, 0.29) is 5.56 Å². The largest absolute Gasteiger partial charge is 0.497 e. The number of nitrogens with zero attached hydrogens (tertiary/aromatic N) is 4. The molecule has 0 fully saturated rings. The average molecular weight is 514 g/mol. The first-order chi connectivity index (χ1) is 18.5. The fourth-order valence-electron chi connectivity index (χ4n) is 4.10. The Morgan fingerprint density at radius 1 is 1.08 bits per heavy atom. The Labute approximate surface area is 217 Å². The molecule has 2 aromatic carbocycles. The Morgan fingerprint density at radius 3 is 2.66 bits per heavy atom. The SMILES string of the molecule is COc1ccc(Cn2ncc3cc(C(=O)C(C#N)C(=O)Nc4ccc5c(c4)OCCO5)cnc32)c(OC)c1. The number of anilines is 1. The van der Waals surface area contributed by atoms with Gasteiger partial charge in [-0.25, -0.2) is 9.67 Å². The number of carbonyl (C=O) groups is 2. The van der Waals surface area contributed by atoms with Crippen molar-refractivity contribution in [2.24, 2.45) is 5.92 Å². The standard InChI is InChI=1S/C27H23N5O6/c1-35-20-5-3-16(23(11-20)36-2)15-32-26-18(14-30-32)9-17(13-29-26)25(33)21(12-28)27(34)31-19-4-6-22-24(10-19)38-8-7-37-22/h3-6,9-11,13-14,21H,7-8,15H2,1-2H3,(H,31,34). The van der Waals surface area contributed by atoms with Crippen molar-refractivity contribution in [1.29, 1.82) is 5.26 Å². The lowest BCUT2D eigenvalue weighted by Crippen LogP contribution is -2.29. The summed E-state index contributed by atoms with van der Waals surface area (Å²) in [5.41, 5.74) is 1.91. The monoisotopic (exact) mass is 513 g/mol. The molecule has 4 aromatic rings. The lowest BCUT2D eigenvalue weighted by molar-refractivity contribution is -0.117. The number of amides is 1. The summed E-state index contributed by atoms with van der Waals surface area (Å²) in [5, 5.41) is 17.2. The van der Waals surface area contributed by atoms with E-state index in [0.717, 1.165) is 5.56 Å². The van der Waals surface area contributed by atoms with Gasteiger partial charge < -0.3 is 24.3 Å². The van der Waals surface area contributed by atoms with Crippen molar-refractivity contribution in [2.75, 3.05) is 32.8 Å². The van der Waals surface area contributed by atoms with Gasteiger partial charge in [-0.2, -0.15) is 10.4 Å². The summed E-state index contributed by atoms with van der Waals surface area (Å²) in [6.07, 6.45) is 2.92. The summed E-state index contributed by atoms with van der Waals surface area (Å²) in [7, 11) is 3.16. The van der Waals surface area contributed by atoms with Crippen LogP contribution in [-0.2, 0) is 11.3 Å². The molecule has 1 aliphatic heterocycles. The number of methoxy groups -OCH3 is 2. The quantitative estimate of drug-likeness (QED) is 0.278. The van der Waals surface area contributed by atoms with E-state index >= 15 is 0 Å². The van der Waals surface area contributed by atoms with E-state index in [1.807, 2.05) is 12.1 Å². The number of rotatable bonds is 8. The lowest BCUT2D eigenvalue weighted by atomic mass is 9.98. The zero-order valence-corrected chi connectivity index (χ0v) is 20.6. The van der Waals surface area contributed by atoms with Crippen LogP contribution in [0.25, 0.3) is 11.0 Å². The highest BCUT2D eigenvalue weighted by Gasteiger charge is 2.29. The van der Waals surface area contributed by atoms with Crippen molar-refractivity contribution in [1.82, 2.24) is 14.8 Å². The Balaban J connectivity index is 1.33. The molecule has 0 bridgehead atoms. The number of hydrogen-bond donors (Lipinski definition) is 1. The van der Waals surface area contributed by atoms with E-state index in [0.29, 0.717) is 59.5 Å². The van der Waals surface area contributed by atoms with Crippen LogP contribution >= 0.6 is 0 Å². The minimum absolute atomic E-state index is 0.128. The third-order valence-corrected chi connectivity index (χ3v) is 6.04. The molecule has 0 saturated carbocycles. The van der Waals surface area contributed by atoms with E-state index in [1.54, 1.807) is 61.5 Å². The number of ketones is 1. The third-order valence-electron chi connectivity index (χ3n) is 6.04. The van der Waals surface area contributed by atoms with E-state index in [1.165, 1.54) is 6.20 Å². The molecule has 38 heavy (non-hydrogen) atoms. The van der Waals surface area contributed by atoms with Gasteiger partial charge >= 0.3 is 0 Å². The van der Waals surface area contributed by atoms with Gasteiger partial charge in [0, 0.05) is 40.5 Å². The maximum Gasteiger partial charge on any atom is 0.249 e. The van der Waals surface area contributed by atoms with Crippen LogP contribution in [0.2, 0.25) is 0 Å². The highest BCUT2D eigenvalue weighted by Crippen LogP contribution is 2.33. The van der Waals surface area contributed by atoms with Crippen LogP contribution in [0, 0.1) is 17.2 Å². The first-order valence-electron chi connectivity index (χ1n) is 11.7. The fourth-order valence-corrected chi connectivity index (χ4v) is 4.10. The maximum atomic E-state index is 13.1. The van der Waals surface area contributed by atoms with E-state index in [2.05, 4.69) is 15.4 Å². The number of nitrogens with one attached hydrogen (secondary N) is 1. The highest BCUT2D eigenvalue weighted by atomic mass is 16.6. The predicted molar refractivity (Wildman–Crippen MR) is 136 cm³/mol. The average Bonchev–Trinajstić information content (AvgIpc) is 3.35. The summed E-state index contributed by atoms with van der Waals surface area (Å²) in [6.45, 7) is 1.20. The van der Waals surface area contributed by atoms with Gasteiger partial charge in [-0.15, -0.1) is 0 Å². The molecule has 5 rings (SSSR count). The van der Waals surface area contributed by atoms with Gasteiger partial charge in [0.05, 0.1) is 33.0 Å². The normalized spacial score (nSPS) is 12.9. The summed E-state index contributed by atoms with van der Waals surface area (Å²) in [4.78, 5) is 30.3. The number of ether oxygens (including phenoxy) is 4. The second kappa shape index (κ2) is 10.5. The first kappa shape index (κ1) is 24.6. The molecule has 3 heterocycles. The predicted octanol–water partition coefficient (Wildman–Crippen LogP) is 3.23. The van der Waals surface area contributed by atoms with Crippen molar-refractivity contribution >= 4 is 28.4 Å². The Kier molecular flexibility index (Phi) is 6.78. The molecule has 1 amide bonds. The molecule has 1 atom stereocenters. The molecule has 11 heteroatoms. The molecule has 0 spiro atoms. The summed E-state index contributed by atoms with van der Waals surface area (Å²) in [5.74, 6) is -0.637. The van der Waals surface area contributed by atoms with Gasteiger partial charge in [-0.3, -0.25) is 9.59 Å². The molecule has 0 aliphatic carbocycles. The van der Waals surface area contributed by atoms with Gasteiger partial charge in [0.25, 0.3) is 0 Å². The van der Waals surface area contributed by atoms with Crippen LogP contribution in [0.15, 0.2) is 54.9 Å². The molecule has 1 unspecified atom stereocenters. The van der Waals surface area contributed by atoms with Crippen LogP contribution in [0.4, 0.5) is 5.69 Å². The van der Waals surface area contributed by atoms with Crippen molar-refractivity contribution in [3.05, 3.63) is 66.0 Å². The molecule has 2 aromatic heterocycles. The fraction of sp³-hybridized carbons (Fsp3) is 0.222. The molecule has 1 N–H and O–H groups in total. The number of aromatic nitrogens is 3. The summed E-state index contributed by atoms with van der Waals surface area (Å²) in [6, 6.07) is 13.7. The van der Waals surface area contributed by atoms with Crippen LogP contribution in [-0.4, -0.2) is 53.9 Å². The van der Waals surface area contributed by atoms with E-state index in [9.17, 15) is 14.9 Å². The van der Waals surface area contributed by atoms with Crippen LogP contribution in [0.3, 0.4) is 0 Å². The van der Waals surface area contributed by atoms with Crippen LogP contribution in [0.5, 0.6) is 23.0 Å². The summed E-state index contributed by atoms with van der Waals surface area (Å²) >= 11 is 0. The topological polar surface area (TPSA) is 138 Å². The van der Waals surface area contributed by atoms with Gasteiger partial charge in [-0.05, 0) is 30.3 Å². The first-order valence-corrected chi connectivity index (χ1v) is 11.7. The van der Waals surface area contributed by atoms with Crippen molar-refractivity contribution in [3.8, 4) is 29.1 Å². The third kappa shape index (κ3) is 4.79. The van der Waals surface area contributed by atoms with Crippen molar-refractivity contribution in [2.45, 2.75) is 6.54 Å². The number of fused-ring (bicyclic) bond motifs is 2. The second-order valence-corrected chi connectivity index (χ2v) is 8.39. The van der Waals surface area contributed by atoms with Crippen molar-refractivity contribution < 1.29 is 28.5 Å². The van der Waals surface area contributed by atoms with E-state index < -0.39 is 17.6 Å².